The van der Waals surface area contributed by atoms with Crippen LogP contribution in [0.3, 0.4) is 0 Å². The third-order valence-electron chi connectivity index (χ3n) is 4.17. The van der Waals surface area contributed by atoms with Gasteiger partial charge in [-0.15, -0.1) is 11.3 Å². The van der Waals surface area contributed by atoms with Crippen molar-refractivity contribution in [2.24, 2.45) is 5.92 Å². The Morgan fingerprint density at radius 3 is 2.91 bits per heavy atom. The molecule has 1 aliphatic rings. The van der Waals surface area contributed by atoms with Crippen LogP contribution >= 0.6 is 11.3 Å². The molecule has 3 rings (SSSR count). The van der Waals surface area contributed by atoms with E-state index in [1.54, 1.807) is 0 Å². The molecule has 3 heterocycles. The molecule has 118 valence electrons. The van der Waals surface area contributed by atoms with E-state index < -0.39 is 0 Å². The fraction of sp³-hybridized carbons (Fsp3) is 0.529. The average Bonchev–Trinajstić information content (AvgIpc) is 3.10. The molecule has 0 aromatic carbocycles. The maximum atomic E-state index is 4.57. The zero-order valence-electron chi connectivity index (χ0n) is 13.4. The van der Waals surface area contributed by atoms with E-state index in [0.717, 1.165) is 43.6 Å². The van der Waals surface area contributed by atoms with Gasteiger partial charge in [-0.05, 0) is 50.9 Å². The number of thiazole rings is 1. The molecule has 5 heteroatoms. The topological polar surface area (TPSA) is 41.1 Å². The Morgan fingerprint density at radius 2 is 2.27 bits per heavy atom. The monoisotopic (exact) mass is 316 g/mol. The third kappa shape index (κ3) is 4.12. The Bertz CT molecular complexity index is 590. The summed E-state index contributed by atoms with van der Waals surface area (Å²) >= 11 is 1.83. The van der Waals surface area contributed by atoms with Gasteiger partial charge in [0.2, 0.25) is 0 Å². The van der Waals surface area contributed by atoms with Gasteiger partial charge in [0, 0.05) is 36.9 Å². The van der Waals surface area contributed by atoms with Crippen LogP contribution in [0.25, 0.3) is 0 Å². The number of aromatic nitrogens is 2. The van der Waals surface area contributed by atoms with Crippen LogP contribution in [0.5, 0.6) is 0 Å². The van der Waals surface area contributed by atoms with Crippen molar-refractivity contribution in [3.8, 4) is 0 Å². The van der Waals surface area contributed by atoms with E-state index in [-0.39, 0.29) is 0 Å². The van der Waals surface area contributed by atoms with Crippen LogP contribution in [0.2, 0.25) is 0 Å². The largest absolute Gasteiger partial charge is 0.316 e. The summed E-state index contributed by atoms with van der Waals surface area (Å²) in [4.78, 5) is 12.8. The van der Waals surface area contributed by atoms with Crippen LogP contribution in [0.4, 0.5) is 0 Å². The number of nitrogens with one attached hydrogen (secondary N) is 1. The SMILES string of the molecule is Cc1nc(C)c(CN(Cc2cccnc2)C[C@H]2CCNC2)s1. The van der Waals surface area contributed by atoms with Crippen molar-refractivity contribution in [2.75, 3.05) is 19.6 Å². The van der Waals surface area contributed by atoms with Crippen LogP contribution in [-0.2, 0) is 13.1 Å². The van der Waals surface area contributed by atoms with Crippen LogP contribution in [0.15, 0.2) is 24.5 Å². The van der Waals surface area contributed by atoms with Gasteiger partial charge in [0.15, 0.2) is 0 Å². The van der Waals surface area contributed by atoms with E-state index in [0.29, 0.717) is 0 Å². The lowest BCUT2D eigenvalue weighted by Crippen LogP contribution is -2.30. The van der Waals surface area contributed by atoms with Gasteiger partial charge in [0.05, 0.1) is 10.7 Å². The predicted octanol–water partition coefficient (Wildman–Crippen LogP) is 2.77. The van der Waals surface area contributed by atoms with Crippen molar-refractivity contribution in [1.82, 2.24) is 20.2 Å². The van der Waals surface area contributed by atoms with Gasteiger partial charge in [-0.25, -0.2) is 4.98 Å². The van der Waals surface area contributed by atoms with Crippen molar-refractivity contribution in [3.05, 3.63) is 45.7 Å². The summed E-state index contributed by atoms with van der Waals surface area (Å²) in [6.45, 7) is 9.60. The minimum Gasteiger partial charge on any atom is -0.316 e. The molecule has 2 aromatic rings. The van der Waals surface area contributed by atoms with E-state index in [2.05, 4.69) is 40.1 Å². The van der Waals surface area contributed by atoms with Crippen molar-refractivity contribution in [2.45, 2.75) is 33.4 Å². The van der Waals surface area contributed by atoms with Crippen molar-refractivity contribution in [1.29, 1.82) is 0 Å². The molecule has 0 aliphatic carbocycles. The van der Waals surface area contributed by atoms with E-state index >= 15 is 0 Å². The minimum atomic E-state index is 0.756. The molecule has 0 bridgehead atoms. The summed E-state index contributed by atoms with van der Waals surface area (Å²) in [6.07, 6.45) is 5.10. The number of nitrogens with zero attached hydrogens (tertiary/aromatic N) is 3. The maximum absolute atomic E-state index is 4.57. The number of hydrogen-bond acceptors (Lipinski definition) is 5. The standard InChI is InChI=1S/C17H24N4S/c1-13-17(22-14(2)20-13)12-21(11-16-5-7-19-9-16)10-15-4-3-6-18-8-15/h3-4,6,8,16,19H,5,7,9-12H2,1-2H3/t16-/m0/s1. The van der Waals surface area contributed by atoms with E-state index in [1.807, 2.05) is 29.8 Å². The minimum absolute atomic E-state index is 0.756. The molecule has 1 aliphatic heterocycles. The Labute approximate surface area is 136 Å². The molecule has 4 nitrogen and oxygen atoms in total. The molecule has 0 spiro atoms. The fourth-order valence-corrected chi connectivity index (χ4v) is 4.07. The summed E-state index contributed by atoms with van der Waals surface area (Å²) in [5.41, 5.74) is 2.47. The predicted molar refractivity (Wildman–Crippen MR) is 90.9 cm³/mol. The van der Waals surface area contributed by atoms with Crippen molar-refractivity contribution >= 4 is 11.3 Å². The van der Waals surface area contributed by atoms with Gasteiger partial charge in [0.1, 0.15) is 0 Å². The second-order valence-electron chi connectivity index (χ2n) is 6.13. The Hall–Kier alpha value is -1.30. The molecule has 1 saturated heterocycles. The summed E-state index contributed by atoms with van der Waals surface area (Å²) in [5, 5.41) is 4.64. The van der Waals surface area contributed by atoms with Crippen LogP contribution < -0.4 is 5.32 Å². The second-order valence-corrected chi connectivity index (χ2v) is 7.42. The first-order valence-corrected chi connectivity index (χ1v) is 8.77. The molecular weight excluding hydrogens is 292 g/mol. The van der Waals surface area contributed by atoms with Crippen LogP contribution in [0, 0.1) is 19.8 Å². The Kier molecular flexibility index (Phi) is 5.18. The molecule has 0 saturated carbocycles. The van der Waals surface area contributed by atoms with E-state index in [1.165, 1.54) is 22.6 Å². The smallest absolute Gasteiger partial charge is 0.0900 e. The highest BCUT2D eigenvalue weighted by Crippen LogP contribution is 2.22. The van der Waals surface area contributed by atoms with Gasteiger partial charge in [-0.2, -0.15) is 0 Å². The lowest BCUT2D eigenvalue weighted by atomic mass is 10.1. The van der Waals surface area contributed by atoms with Crippen LogP contribution in [-0.4, -0.2) is 34.5 Å². The molecule has 1 fully saturated rings. The van der Waals surface area contributed by atoms with Gasteiger partial charge >= 0.3 is 0 Å². The summed E-state index contributed by atoms with van der Waals surface area (Å²) < 4.78 is 0. The van der Waals surface area contributed by atoms with Crippen molar-refractivity contribution in [3.63, 3.8) is 0 Å². The molecule has 22 heavy (non-hydrogen) atoms. The first kappa shape index (κ1) is 15.6. The number of aryl methyl sites for hydroxylation is 2. The Balaban J connectivity index is 1.71. The molecule has 0 radical (unpaired) electrons. The van der Waals surface area contributed by atoms with Crippen LogP contribution in [0.1, 0.15) is 27.6 Å². The fourth-order valence-electron chi connectivity index (χ4n) is 3.09. The van der Waals surface area contributed by atoms with Gasteiger partial charge < -0.3 is 5.32 Å². The van der Waals surface area contributed by atoms with Crippen molar-refractivity contribution < 1.29 is 0 Å². The quantitative estimate of drug-likeness (QED) is 0.890. The Morgan fingerprint density at radius 1 is 1.36 bits per heavy atom. The third-order valence-corrected chi connectivity index (χ3v) is 5.23. The summed E-state index contributed by atoms with van der Waals surface area (Å²) in [7, 11) is 0. The highest BCUT2D eigenvalue weighted by Gasteiger charge is 2.20. The number of hydrogen-bond donors (Lipinski definition) is 1. The van der Waals surface area contributed by atoms with E-state index in [4.69, 9.17) is 0 Å². The zero-order chi connectivity index (χ0) is 15.4. The maximum Gasteiger partial charge on any atom is 0.0900 e. The highest BCUT2D eigenvalue weighted by atomic mass is 32.1. The molecule has 1 atom stereocenters. The molecule has 0 unspecified atom stereocenters. The lowest BCUT2D eigenvalue weighted by Gasteiger charge is -2.25. The first-order chi connectivity index (χ1) is 10.7. The van der Waals surface area contributed by atoms with Gasteiger partial charge in [-0.3, -0.25) is 9.88 Å². The van der Waals surface area contributed by atoms with Gasteiger partial charge in [-0.1, -0.05) is 6.07 Å². The number of rotatable bonds is 6. The first-order valence-electron chi connectivity index (χ1n) is 7.95. The van der Waals surface area contributed by atoms with E-state index in [9.17, 15) is 0 Å². The summed E-state index contributed by atoms with van der Waals surface area (Å²) in [6, 6.07) is 4.18. The number of pyridine rings is 1. The molecule has 2 aromatic heterocycles. The average molecular weight is 316 g/mol. The summed E-state index contributed by atoms with van der Waals surface area (Å²) in [5.74, 6) is 0.756. The normalized spacial score (nSPS) is 18.2. The molecular formula is C17H24N4S. The zero-order valence-corrected chi connectivity index (χ0v) is 14.2. The molecule has 1 N–H and O–H groups in total. The highest BCUT2D eigenvalue weighted by molar-refractivity contribution is 7.11. The van der Waals surface area contributed by atoms with Gasteiger partial charge in [0.25, 0.3) is 0 Å². The second kappa shape index (κ2) is 7.31. The lowest BCUT2D eigenvalue weighted by molar-refractivity contribution is 0.222. The molecule has 0 amide bonds.